The highest BCUT2D eigenvalue weighted by Crippen LogP contribution is 2.20. The SMILES string of the molecule is CCNC(=NCC1CCN(C(=O)OC(C)(C)C)CC1)N1CCN(C(C)=O)CC1. The maximum absolute atomic E-state index is 12.2. The van der Waals surface area contributed by atoms with Crippen LogP contribution < -0.4 is 5.32 Å². The van der Waals surface area contributed by atoms with E-state index in [0.29, 0.717) is 5.92 Å². The number of carbonyl (C=O) groups excluding carboxylic acids is 2. The normalized spacial score (nSPS) is 19.6. The summed E-state index contributed by atoms with van der Waals surface area (Å²) in [6.07, 6.45) is 1.67. The molecule has 0 aliphatic carbocycles. The van der Waals surface area contributed by atoms with Crippen molar-refractivity contribution in [3.63, 3.8) is 0 Å². The number of piperazine rings is 1. The monoisotopic (exact) mass is 395 g/mol. The van der Waals surface area contributed by atoms with Gasteiger partial charge < -0.3 is 24.8 Å². The van der Waals surface area contributed by atoms with E-state index in [-0.39, 0.29) is 12.0 Å². The van der Waals surface area contributed by atoms with Gasteiger partial charge in [0.1, 0.15) is 5.60 Å². The molecule has 2 fully saturated rings. The van der Waals surface area contributed by atoms with E-state index in [1.54, 1.807) is 11.8 Å². The van der Waals surface area contributed by atoms with Crippen LogP contribution in [0.25, 0.3) is 0 Å². The predicted octanol–water partition coefficient (Wildman–Crippen LogP) is 1.76. The first-order valence-electron chi connectivity index (χ1n) is 10.5. The second-order valence-electron chi connectivity index (χ2n) is 8.60. The van der Waals surface area contributed by atoms with E-state index in [0.717, 1.165) is 71.2 Å². The lowest BCUT2D eigenvalue weighted by molar-refractivity contribution is -0.130. The van der Waals surface area contributed by atoms with Gasteiger partial charge in [0.15, 0.2) is 5.96 Å². The van der Waals surface area contributed by atoms with Gasteiger partial charge in [-0.2, -0.15) is 0 Å². The van der Waals surface area contributed by atoms with E-state index in [2.05, 4.69) is 17.1 Å². The van der Waals surface area contributed by atoms with Gasteiger partial charge in [0.05, 0.1) is 0 Å². The molecule has 0 atom stereocenters. The lowest BCUT2D eigenvalue weighted by Crippen LogP contribution is -2.53. The van der Waals surface area contributed by atoms with E-state index in [4.69, 9.17) is 9.73 Å². The van der Waals surface area contributed by atoms with Crippen LogP contribution in [0, 0.1) is 5.92 Å². The summed E-state index contributed by atoms with van der Waals surface area (Å²) in [6, 6.07) is 0. The summed E-state index contributed by atoms with van der Waals surface area (Å²) in [7, 11) is 0. The van der Waals surface area contributed by atoms with Crippen molar-refractivity contribution < 1.29 is 14.3 Å². The van der Waals surface area contributed by atoms with Crippen LogP contribution in [0.5, 0.6) is 0 Å². The summed E-state index contributed by atoms with van der Waals surface area (Å²) in [5.41, 5.74) is -0.453. The maximum Gasteiger partial charge on any atom is 0.410 e. The molecule has 2 aliphatic rings. The molecule has 8 heteroatoms. The summed E-state index contributed by atoms with van der Waals surface area (Å²) >= 11 is 0. The third kappa shape index (κ3) is 6.87. The third-order valence-corrected chi connectivity index (χ3v) is 5.12. The van der Waals surface area contributed by atoms with Gasteiger partial charge in [0.25, 0.3) is 0 Å². The fourth-order valence-electron chi connectivity index (χ4n) is 3.50. The van der Waals surface area contributed by atoms with Crippen molar-refractivity contribution >= 4 is 18.0 Å². The summed E-state index contributed by atoms with van der Waals surface area (Å²) in [5.74, 6) is 1.55. The summed E-state index contributed by atoms with van der Waals surface area (Å²) in [6.45, 7) is 15.5. The van der Waals surface area contributed by atoms with E-state index in [9.17, 15) is 9.59 Å². The fourth-order valence-corrected chi connectivity index (χ4v) is 3.50. The Morgan fingerprint density at radius 1 is 1.00 bits per heavy atom. The van der Waals surface area contributed by atoms with E-state index >= 15 is 0 Å². The molecular weight excluding hydrogens is 358 g/mol. The number of nitrogens with zero attached hydrogens (tertiary/aromatic N) is 4. The first-order chi connectivity index (χ1) is 13.2. The standard InChI is InChI=1S/C20H37N5O3/c1-6-21-18(24-13-11-23(12-14-24)16(2)26)22-15-17-7-9-25(10-8-17)19(27)28-20(3,4)5/h17H,6-15H2,1-5H3,(H,21,22). The largest absolute Gasteiger partial charge is 0.444 e. The average Bonchev–Trinajstić information content (AvgIpc) is 2.64. The van der Waals surface area contributed by atoms with Crippen molar-refractivity contribution in [2.45, 2.75) is 53.1 Å². The smallest absolute Gasteiger partial charge is 0.410 e. The van der Waals surface area contributed by atoms with Crippen LogP contribution in [0.3, 0.4) is 0 Å². The van der Waals surface area contributed by atoms with E-state index in [1.165, 1.54) is 0 Å². The maximum atomic E-state index is 12.2. The Morgan fingerprint density at radius 2 is 1.57 bits per heavy atom. The molecule has 0 aromatic rings. The van der Waals surface area contributed by atoms with E-state index in [1.807, 2.05) is 25.7 Å². The zero-order valence-electron chi connectivity index (χ0n) is 18.2. The van der Waals surface area contributed by atoms with Crippen LogP contribution in [0.15, 0.2) is 4.99 Å². The Labute approximate surface area is 169 Å². The molecule has 1 N–H and O–H groups in total. The van der Waals surface area contributed by atoms with Crippen LogP contribution >= 0.6 is 0 Å². The van der Waals surface area contributed by atoms with E-state index < -0.39 is 5.60 Å². The molecule has 2 heterocycles. The number of hydrogen-bond acceptors (Lipinski definition) is 4. The number of ether oxygens (including phenoxy) is 1. The van der Waals surface area contributed by atoms with Crippen molar-refractivity contribution in [1.82, 2.24) is 20.0 Å². The number of rotatable bonds is 3. The fraction of sp³-hybridized carbons (Fsp3) is 0.850. The highest BCUT2D eigenvalue weighted by molar-refractivity contribution is 5.80. The number of piperidine rings is 1. The molecule has 2 aliphatic heterocycles. The quantitative estimate of drug-likeness (QED) is 0.582. The number of amides is 2. The highest BCUT2D eigenvalue weighted by atomic mass is 16.6. The number of hydrogen-bond donors (Lipinski definition) is 1. The van der Waals surface area contributed by atoms with Crippen LogP contribution in [0.4, 0.5) is 4.79 Å². The molecule has 0 radical (unpaired) electrons. The highest BCUT2D eigenvalue weighted by Gasteiger charge is 2.27. The summed E-state index contributed by atoms with van der Waals surface area (Å²) < 4.78 is 5.46. The van der Waals surface area contributed by atoms with Gasteiger partial charge in [-0.3, -0.25) is 9.79 Å². The molecule has 0 unspecified atom stereocenters. The molecular formula is C20H37N5O3. The first-order valence-corrected chi connectivity index (χ1v) is 10.5. The van der Waals surface area contributed by atoms with Crippen molar-refractivity contribution in [2.75, 3.05) is 52.4 Å². The Balaban J connectivity index is 1.82. The molecule has 8 nitrogen and oxygen atoms in total. The number of likely N-dealkylation sites (tertiary alicyclic amines) is 1. The second kappa shape index (κ2) is 9.98. The van der Waals surface area contributed by atoms with Gasteiger partial charge in [-0.1, -0.05) is 0 Å². The zero-order valence-corrected chi connectivity index (χ0v) is 18.2. The number of aliphatic imine (C=N–C) groups is 1. The van der Waals surface area contributed by atoms with Crippen LogP contribution in [-0.4, -0.2) is 90.6 Å². The van der Waals surface area contributed by atoms with Crippen LogP contribution in [0.2, 0.25) is 0 Å². The Kier molecular flexibility index (Phi) is 7.95. The molecule has 2 saturated heterocycles. The first kappa shape index (κ1) is 22.3. The van der Waals surface area contributed by atoms with Crippen molar-refractivity contribution in [3.8, 4) is 0 Å². The van der Waals surface area contributed by atoms with Gasteiger partial charge in [0.2, 0.25) is 5.91 Å². The van der Waals surface area contributed by atoms with Crippen molar-refractivity contribution in [1.29, 1.82) is 0 Å². The number of guanidine groups is 1. The molecule has 0 bridgehead atoms. The van der Waals surface area contributed by atoms with Crippen LogP contribution in [-0.2, 0) is 9.53 Å². The zero-order chi connectivity index (χ0) is 20.7. The minimum absolute atomic E-state index is 0.137. The topological polar surface area (TPSA) is 77.5 Å². The third-order valence-electron chi connectivity index (χ3n) is 5.12. The van der Waals surface area contributed by atoms with Crippen molar-refractivity contribution in [3.05, 3.63) is 0 Å². The van der Waals surface area contributed by atoms with Gasteiger partial charge in [-0.25, -0.2) is 4.79 Å². The summed E-state index contributed by atoms with van der Waals surface area (Å²) in [5, 5.41) is 3.38. The lowest BCUT2D eigenvalue weighted by Gasteiger charge is -2.36. The molecule has 0 spiro atoms. The number of nitrogens with one attached hydrogen (secondary N) is 1. The minimum atomic E-state index is -0.453. The van der Waals surface area contributed by atoms with Gasteiger partial charge >= 0.3 is 6.09 Å². The molecule has 0 saturated carbocycles. The predicted molar refractivity (Wildman–Crippen MR) is 110 cm³/mol. The molecule has 28 heavy (non-hydrogen) atoms. The van der Waals surface area contributed by atoms with Crippen molar-refractivity contribution in [2.24, 2.45) is 10.9 Å². The Bertz CT molecular complexity index is 557. The van der Waals surface area contributed by atoms with Crippen LogP contribution in [0.1, 0.15) is 47.5 Å². The molecule has 0 aromatic carbocycles. The second-order valence-corrected chi connectivity index (χ2v) is 8.60. The Hall–Kier alpha value is -1.99. The average molecular weight is 396 g/mol. The lowest BCUT2D eigenvalue weighted by atomic mass is 9.97. The summed E-state index contributed by atoms with van der Waals surface area (Å²) in [4.78, 5) is 34.5. The molecule has 0 aromatic heterocycles. The molecule has 160 valence electrons. The van der Waals surface area contributed by atoms with Gasteiger partial charge in [-0.05, 0) is 46.5 Å². The number of carbonyl (C=O) groups is 2. The minimum Gasteiger partial charge on any atom is -0.444 e. The molecule has 2 amide bonds. The van der Waals surface area contributed by atoms with Gasteiger partial charge in [0, 0.05) is 59.3 Å². The Morgan fingerprint density at radius 3 is 2.07 bits per heavy atom. The molecule has 2 rings (SSSR count). The van der Waals surface area contributed by atoms with Gasteiger partial charge in [-0.15, -0.1) is 0 Å².